The van der Waals surface area contributed by atoms with Crippen molar-refractivity contribution in [2.45, 2.75) is 0 Å². The molecule has 0 bridgehead atoms. The van der Waals surface area contributed by atoms with Gasteiger partial charge in [-0.2, -0.15) is 4.98 Å². The standard InChI is InChI=1S/C11H8N4O3/c12-11-14-8(5-18-11)6-4-13-7-2-1-3-9(10(6)7)15(16)17/h1-5,13H,(H2,12,14). The van der Waals surface area contributed by atoms with Crippen LogP contribution in [0.25, 0.3) is 22.2 Å². The number of rotatable bonds is 2. The van der Waals surface area contributed by atoms with Crippen LogP contribution in [-0.4, -0.2) is 14.9 Å². The van der Waals surface area contributed by atoms with E-state index < -0.39 is 4.92 Å². The molecule has 7 heteroatoms. The van der Waals surface area contributed by atoms with Gasteiger partial charge in [-0.15, -0.1) is 0 Å². The summed E-state index contributed by atoms with van der Waals surface area (Å²) in [7, 11) is 0. The van der Waals surface area contributed by atoms with Crippen LogP contribution in [0.15, 0.2) is 35.1 Å². The van der Waals surface area contributed by atoms with Crippen molar-refractivity contribution in [3.8, 4) is 11.3 Å². The number of non-ortho nitro benzene ring substituents is 1. The van der Waals surface area contributed by atoms with Crippen molar-refractivity contribution in [2.75, 3.05) is 5.73 Å². The normalized spacial score (nSPS) is 10.9. The van der Waals surface area contributed by atoms with E-state index in [0.29, 0.717) is 22.2 Å². The lowest BCUT2D eigenvalue weighted by Gasteiger charge is -1.96. The topological polar surface area (TPSA) is 111 Å². The van der Waals surface area contributed by atoms with Crippen LogP contribution in [0.5, 0.6) is 0 Å². The average Bonchev–Trinajstić information content (AvgIpc) is 2.94. The lowest BCUT2D eigenvalue weighted by molar-refractivity contribution is -0.383. The van der Waals surface area contributed by atoms with Gasteiger partial charge in [0.25, 0.3) is 11.7 Å². The Kier molecular flexibility index (Phi) is 2.06. The van der Waals surface area contributed by atoms with Gasteiger partial charge in [0.05, 0.1) is 15.8 Å². The van der Waals surface area contributed by atoms with Crippen molar-refractivity contribution >= 4 is 22.6 Å². The van der Waals surface area contributed by atoms with Crippen molar-refractivity contribution in [2.24, 2.45) is 0 Å². The first-order valence-electron chi connectivity index (χ1n) is 5.12. The molecule has 18 heavy (non-hydrogen) atoms. The SMILES string of the molecule is Nc1nc(-c2c[nH]c3cccc([N+](=O)[O-])c23)co1. The minimum Gasteiger partial charge on any atom is -0.432 e. The number of nitrogens with one attached hydrogen (secondary N) is 1. The molecule has 0 spiro atoms. The number of nitrogens with two attached hydrogens (primary N) is 1. The van der Waals surface area contributed by atoms with E-state index in [2.05, 4.69) is 9.97 Å². The fourth-order valence-corrected chi connectivity index (χ4v) is 1.93. The summed E-state index contributed by atoms with van der Waals surface area (Å²) in [5.41, 5.74) is 7.15. The summed E-state index contributed by atoms with van der Waals surface area (Å²) in [6, 6.07) is 4.86. The minimum atomic E-state index is -0.427. The van der Waals surface area contributed by atoms with E-state index in [-0.39, 0.29) is 11.7 Å². The molecule has 0 aliphatic carbocycles. The highest BCUT2D eigenvalue weighted by Crippen LogP contribution is 2.34. The molecule has 90 valence electrons. The molecule has 3 rings (SSSR count). The van der Waals surface area contributed by atoms with Gasteiger partial charge in [-0.3, -0.25) is 10.1 Å². The Bertz CT molecular complexity index is 744. The van der Waals surface area contributed by atoms with Gasteiger partial charge in [0.2, 0.25) is 0 Å². The van der Waals surface area contributed by atoms with Crippen molar-refractivity contribution in [1.82, 2.24) is 9.97 Å². The summed E-state index contributed by atoms with van der Waals surface area (Å²) >= 11 is 0. The van der Waals surface area contributed by atoms with Gasteiger partial charge in [-0.25, -0.2) is 0 Å². The average molecular weight is 244 g/mol. The number of nitrogen functional groups attached to an aromatic ring is 1. The second-order valence-electron chi connectivity index (χ2n) is 3.73. The van der Waals surface area contributed by atoms with Crippen molar-refractivity contribution in [1.29, 1.82) is 0 Å². The molecule has 2 aromatic heterocycles. The number of hydrogen-bond donors (Lipinski definition) is 2. The van der Waals surface area contributed by atoms with E-state index in [9.17, 15) is 10.1 Å². The summed E-state index contributed by atoms with van der Waals surface area (Å²) in [5.74, 6) is 0. The first-order valence-corrected chi connectivity index (χ1v) is 5.12. The zero-order chi connectivity index (χ0) is 12.7. The van der Waals surface area contributed by atoms with E-state index >= 15 is 0 Å². The quantitative estimate of drug-likeness (QED) is 0.530. The van der Waals surface area contributed by atoms with Crippen LogP contribution in [0, 0.1) is 10.1 Å². The number of oxazole rings is 1. The van der Waals surface area contributed by atoms with E-state index in [1.54, 1.807) is 18.3 Å². The van der Waals surface area contributed by atoms with E-state index in [1.807, 2.05) is 0 Å². The molecule has 7 nitrogen and oxygen atoms in total. The van der Waals surface area contributed by atoms with Crippen LogP contribution >= 0.6 is 0 Å². The molecule has 0 fully saturated rings. The molecular weight excluding hydrogens is 236 g/mol. The van der Waals surface area contributed by atoms with E-state index in [0.717, 1.165) is 0 Å². The number of nitro groups is 1. The van der Waals surface area contributed by atoms with Crippen molar-refractivity contribution < 1.29 is 9.34 Å². The Hall–Kier alpha value is -2.83. The molecule has 0 aliphatic heterocycles. The number of aromatic nitrogens is 2. The van der Waals surface area contributed by atoms with Crippen LogP contribution < -0.4 is 5.73 Å². The van der Waals surface area contributed by atoms with Crippen LogP contribution in [0.3, 0.4) is 0 Å². The third-order valence-corrected chi connectivity index (χ3v) is 2.68. The molecule has 0 atom stereocenters. The molecule has 0 saturated heterocycles. The lowest BCUT2D eigenvalue weighted by atomic mass is 10.1. The molecule has 0 saturated carbocycles. The van der Waals surface area contributed by atoms with Crippen LogP contribution in [0.4, 0.5) is 11.7 Å². The number of fused-ring (bicyclic) bond motifs is 1. The fraction of sp³-hybridized carbons (Fsp3) is 0. The Morgan fingerprint density at radius 3 is 2.94 bits per heavy atom. The highest BCUT2D eigenvalue weighted by Gasteiger charge is 2.19. The second-order valence-corrected chi connectivity index (χ2v) is 3.73. The fourth-order valence-electron chi connectivity index (χ4n) is 1.93. The Labute approximate surface area is 100 Å². The number of H-pyrrole nitrogens is 1. The number of nitro benzene ring substituents is 1. The maximum Gasteiger partial charge on any atom is 0.292 e. The molecular formula is C11H8N4O3. The van der Waals surface area contributed by atoms with E-state index in [4.69, 9.17) is 10.2 Å². The largest absolute Gasteiger partial charge is 0.432 e. The molecule has 2 heterocycles. The molecule has 3 aromatic rings. The van der Waals surface area contributed by atoms with Gasteiger partial charge in [-0.1, -0.05) is 6.07 Å². The van der Waals surface area contributed by atoms with Crippen molar-refractivity contribution in [3.63, 3.8) is 0 Å². The van der Waals surface area contributed by atoms with Crippen LogP contribution in [0.1, 0.15) is 0 Å². The number of anilines is 1. The monoisotopic (exact) mass is 244 g/mol. The summed E-state index contributed by atoms with van der Waals surface area (Å²) in [6.45, 7) is 0. The van der Waals surface area contributed by atoms with Crippen LogP contribution in [0.2, 0.25) is 0 Å². The maximum absolute atomic E-state index is 11.0. The smallest absolute Gasteiger partial charge is 0.292 e. The molecule has 0 aliphatic rings. The summed E-state index contributed by atoms with van der Waals surface area (Å²) in [6.07, 6.45) is 3.02. The number of hydrogen-bond acceptors (Lipinski definition) is 5. The predicted molar refractivity (Wildman–Crippen MR) is 64.9 cm³/mol. The molecule has 0 radical (unpaired) electrons. The first-order chi connectivity index (χ1) is 8.66. The molecule has 3 N–H and O–H groups in total. The maximum atomic E-state index is 11.0. The zero-order valence-electron chi connectivity index (χ0n) is 9.08. The van der Waals surface area contributed by atoms with Crippen LogP contribution in [-0.2, 0) is 0 Å². The second kappa shape index (κ2) is 3.59. The van der Waals surface area contributed by atoms with Gasteiger partial charge in [0, 0.05) is 17.8 Å². The number of nitrogens with zero attached hydrogens (tertiary/aromatic N) is 2. The molecule has 0 unspecified atom stereocenters. The van der Waals surface area contributed by atoms with E-state index in [1.165, 1.54) is 12.3 Å². The Balaban J connectivity index is 2.34. The third-order valence-electron chi connectivity index (χ3n) is 2.68. The number of aromatic amines is 1. The third kappa shape index (κ3) is 1.41. The highest BCUT2D eigenvalue weighted by atomic mass is 16.6. The Morgan fingerprint density at radius 2 is 2.28 bits per heavy atom. The van der Waals surface area contributed by atoms with Gasteiger partial charge < -0.3 is 15.1 Å². The Morgan fingerprint density at radius 1 is 1.44 bits per heavy atom. The van der Waals surface area contributed by atoms with Gasteiger partial charge in [-0.05, 0) is 6.07 Å². The van der Waals surface area contributed by atoms with Gasteiger partial charge in [0.1, 0.15) is 12.0 Å². The highest BCUT2D eigenvalue weighted by molar-refractivity contribution is 6.01. The molecule has 1 aromatic carbocycles. The summed E-state index contributed by atoms with van der Waals surface area (Å²) in [5, 5.41) is 11.5. The van der Waals surface area contributed by atoms with Crippen molar-refractivity contribution in [3.05, 3.63) is 40.8 Å². The predicted octanol–water partition coefficient (Wildman–Crippen LogP) is 2.31. The summed E-state index contributed by atoms with van der Waals surface area (Å²) < 4.78 is 4.92. The lowest BCUT2D eigenvalue weighted by Crippen LogP contribution is -1.89. The number of benzene rings is 1. The zero-order valence-corrected chi connectivity index (χ0v) is 9.08. The molecule has 0 amide bonds. The van der Waals surface area contributed by atoms with Gasteiger partial charge >= 0.3 is 0 Å². The minimum absolute atomic E-state index is 0.0188. The summed E-state index contributed by atoms with van der Waals surface area (Å²) in [4.78, 5) is 17.5. The first kappa shape index (κ1) is 10.3. The van der Waals surface area contributed by atoms with Gasteiger partial charge in [0.15, 0.2) is 0 Å².